The normalized spacial score (nSPS) is 23.1. The molecule has 2 saturated heterocycles. The van der Waals surface area contributed by atoms with Gasteiger partial charge in [-0.3, -0.25) is 4.90 Å². The number of hydrogen-bond donors (Lipinski definition) is 2. The molecule has 0 radical (unpaired) electrons. The highest BCUT2D eigenvalue weighted by atomic mass is 19.1. The second-order valence-electron chi connectivity index (χ2n) is 5.89. The van der Waals surface area contributed by atoms with Gasteiger partial charge in [0.25, 0.3) is 0 Å². The van der Waals surface area contributed by atoms with E-state index in [2.05, 4.69) is 10.2 Å². The first-order valence-electron chi connectivity index (χ1n) is 7.76. The van der Waals surface area contributed by atoms with E-state index in [9.17, 15) is 9.50 Å². The first-order valence-corrected chi connectivity index (χ1v) is 7.76. The molecule has 21 heavy (non-hydrogen) atoms. The molecule has 4 nitrogen and oxygen atoms in total. The fourth-order valence-electron chi connectivity index (χ4n) is 3.48. The molecular formula is C16H23FN2O2. The van der Waals surface area contributed by atoms with Crippen LogP contribution >= 0.6 is 0 Å². The molecule has 3 rings (SSSR count). The molecule has 2 aliphatic heterocycles. The van der Waals surface area contributed by atoms with Crippen LogP contribution in [-0.2, 0) is 4.74 Å². The van der Waals surface area contributed by atoms with Crippen molar-refractivity contribution in [2.75, 3.05) is 39.4 Å². The number of halogens is 1. The Hall–Kier alpha value is -1.17. The van der Waals surface area contributed by atoms with Crippen molar-refractivity contribution in [3.63, 3.8) is 0 Å². The number of piperazine rings is 1. The summed E-state index contributed by atoms with van der Waals surface area (Å²) in [4.78, 5) is 2.44. The number of aromatic hydroxyl groups is 1. The number of nitrogens with one attached hydrogen (secondary N) is 1. The van der Waals surface area contributed by atoms with Crippen molar-refractivity contribution in [2.24, 2.45) is 5.92 Å². The monoisotopic (exact) mass is 294 g/mol. The highest BCUT2D eigenvalue weighted by Gasteiger charge is 2.31. The first kappa shape index (κ1) is 14.8. The maximum absolute atomic E-state index is 13.8. The highest BCUT2D eigenvalue weighted by molar-refractivity contribution is 5.30. The van der Waals surface area contributed by atoms with E-state index in [4.69, 9.17) is 4.74 Å². The molecule has 0 spiro atoms. The van der Waals surface area contributed by atoms with Gasteiger partial charge >= 0.3 is 0 Å². The SMILES string of the molecule is Oc1ccc([C@@H](C2CCOCC2)N2CCNCC2)cc1F. The van der Waals surface area contributed by atoms with Crippen molar-refractivity contribution in [2.45, 2.75) is 18.9 Å². The lowest BCUT2D eigenvalue weighted by molar-refractivity contribution is 0.0212. The van der Waals surface area contributed by atoms with E-state index in [0.717, 1.165) is 57.8 Å². The van der Waals surface area contributed by atoms with Gasteiger partial charge in [0.2, 0.25) is 0 Å². The fourth-order valence-corrected chi connectivity index (χ4v) is 3.48. The maximum atomic E-state index is 13.8. The lowest BCUT2D eigenvalue weighted by Crippen LogP contribution is -2.47. The van der Waals surface area contributed by atoms with E-state index in [1.54, 1.807) is 0 Å². The Morgan fingerprint density at radius 2 is 1.95 bits per heavy atom. The molecule has 2 aliphatic rings. The Bertz CT molecular complexity index is 453. The van der Waals surface area contributed by atoms with E-state index in [1.165, 1.54) is 12.1 Å². The third-order valence-electron chi connectivity index (χ3n) is 4.57. The second-order valence-corrected chi connectivity index (χ2v) is 5.89. The molecule has 0 aliphatic carbocycles. The van der Waals surface area contributed by atoms with E-state index < -0.39 is 5.82 Å². The number of hydrogen-bond acceptors (Lipinski definition) is 4. The summed E-state index contributed by atoms with van der Waals surface area (Å²) in [5, 5.41) is 12.8. The summed E-state index contributed by atoms with van der Waals surface area (Å²) < 4.78 is 19.2. The van der Waals surface area contributed by atoms with Gasteiger partial charge in [-0.2, -0.15) is 0 Å². The molecular weight excluding hydrogens is 271 g/mol. The predicted octanol–water partition coefficient (Wildman–Crippen LogP) is 1.90. The van der Waals surface area contributed by atoms with Crippen LogP contribution in [0.25, 0.3) is 0 Å². The van der Waals surface area contributed by atoms with Gasteiger partial charge < -0.3 is 15.2 Å². The van der Waals surface area contributed by atoms with Crippen LogP contribution < -0.4 is 5.32 Å². The first-order chi connectivity index (χ1) is 10.3. The van der Waals surface area contributed by atoms with Crippen LogP contribution in [0.2, 0.25) is 0 Å². The predicted molar refractivity (Wildman–Crippen MR) is 78.8 cm³/mol. The van der Waals surface area contributed by atoms with E-state index in [0.29, 0.717) is 5.92 Å². The van der Waals surface area contributed by atoms with Crippen LogP contribution in [0.3, 0.4) is 0 Å². The summed E-state index contributed by atoms with van der Waals surface area (Å²) in [6.07, 6.45) is 2.02. The molecule has 1 atom stereocenters. The summed E-state index contributed by atoms with van der Waals surface area (Å²) in [6.45, 7) is 5.47. The molecule has 0 amide bonds. The molecule has 0 unspecified atom stereocenters. The van der Waals surface area contributed by atoms with Crippen molar-refractivity contribution in [3.8, 4) is 5.75 Å². The van der Waals surface area contributed by atoms with Gasteiger partial charge in [-0.15, -0.1) is 0 Å². The summed E-state index contributed by atoms with van der Waals surface area (Å²) in [5.41, 5.74) is 0.971. The van der Waals surface area contributed by atoms with Crippen LogP contribution in [0, 0.1) is 11.7 Å². The van der Waals surface area contributed by atoms with Crippen molar-refractivity contribution < 1.29 is 14.2 Å². The molecule has 2 fully saturated rings. The Morgan fingerprint density at radius 3 is 2.62 bits per heavy atom. The summed E-state index contributed by atoms with van der Waals surface area (Å²) in [5.74, 6) is -0.315. The number of nitrogens with zero attached hydrogens (tertiary/aromatic N) is 1. The highest BCUT2D eigenvalue weighted by Crippen LogP contribution is 2.36. The minimum Gasteiger partial charge on any atom is -0.505 e. The topological polar surface area (TPSA) is 44.7 Å². The van der Waals surface area contributed by atoms with Crippen molar-refractivity contribution in [3.05, 3.63) is 29.6 Å². The van der Waals surface area contributed by atoms with Crippen LogP contribution in [0.15, 0.2) is 18.2 Å². The van der Waals surface area contributed by atoms with E-state index in [-0.39, 0.29) is 11.8 Å². The van der Waals surface area contributed by atoms with Gasteiger partial charge in [0.15, 0.2) is 11.6 Å². The summed E-state index contributed by atoms with van der Waals surface area (Å²) in [7, 11) is 0. The van der Waals surface area contributed by atoms with Crippen LogP contribution in [0.1, 0.15) is 24.4 Å². The van der Waals surface area contributed by atoms with Gasteiger partial charge in [-0.25, -0.2) is 4.39 Å². The molecule has 5 heteroatoms. The Kier molecular flexibility index (Phi) is 4.73. The molecule has 0 aromatic heterocycles. The van der Waals surface area contributed by atoms with Gasteiger partial charge in [0, 0.05) is 45.4 Å². The quantitative estimate of drug-likeness (QED) is 0.894. The van der Waals surface area contributed by atoms with E-state index >= 15 is 0 Å². The lowest BCUT2D eigenvalue weighted by atomic mass is 9.85. The smallest absolute Gasteiger partial charge is 0.165 e. The van der Waals surface area contributed by atoms with Crippen LogP contribution in [0.5, 0.6) is 5.75 Å². The number of benzene rings is 1. The van der Waals surface area contributed by atoms with Gasteiger partial charge in [0.1, 0.15) is 0 Å². The van der Waals surface area contributed by atoms with Gasteiger partial charge in [0.05, 0.1) is 0 Å². The van der Waals surface area contributed by atoms with Crippen molar-refractivity contribution in [1.29, 1.82) is 0 Å². The van der Waals surface area contributed by atoms with Crippen LogP contribution in [-0.4, -0.2) is 49.4 Å². The summed E-state index contributed by atoms with van der Waals surface area (Å²) >= 11 is 0. The molecule has 2 heterocycles. The summed E-state index contributed by atoms with van der Waals surface area (Å²) in [6, 6.07) is 5.04. The average molecular weight is 294 g/mol. The second kappa shape index (κ2) is 6.73. The van der Waals surface area contributed by atoms with Gasteiger partial charge in [-0.1, -0.05) is 6.07 Å². The molecule has 0 bridgehead atoms. The minimum atomic E-state index is -0.528. The average Bonchev–Trinajstić information content (AvgIpc) is 2.53. The maximum Gasteiger partial charge on any atom is 0.165 e. The molecule has 116 valence electrons. The van der Waals surface area contributed by atoms with E-state index in [1.807, 2.05) is 6.07 Å². The number of rotatable bonds is 3. The zero-order valence-corrected chi connectivity index (χ0v) is 12.2. The van der Waals surface area contributed by atoms with Crippen molar-refractivity contribution >= 4 is 0 Å². The lowest BCUT2D eigenvalue weighted by Gasteiger charge is -2.41. The van der Waals surface area contributed by atoms with Gasteiger partial charge in [-0.05, 0) is 36.5 Å². The Labute approximate surface area is 124 Å². The third-order valence-corrected chi connectivity index (χ3v) is 4.57. The van der Waals surface area contributed by atoms with Crippen molar-refractivity contribution in [1.82, 2.24) is 10.2 Å². The standard InChI is InChI=1S/C16H23FN2O2/c17-14-11-13(1-2-15(14)20)16(12-3-9-21-10-4-12)19-7-5-18-6-8-19/h1-2,11-12,16,18,20H,3-10H2/t16-/m1/s1. The zero-order valence-electron chi connectivity index (χ0n) is 12.2. The number of phenolic OH excluding ortho intramolecular Hbond substituents is 1. The van der Waals surface area contributed by atoms with Crippen LogP contribution in [0.4, 0.5) is 4.39 Å². The largest absolute Gasteiger partial charge is 0.505 e. The number of phenols is 1. The molecule has 1 aromatic rings. The third kappa shape index (κ3) is 3.36. The Balaban J connectivity index is 1.87. The number of ether oxygens (including phenoxy) is 1. The molecule has 1 aromatic carbocycles. The Morgan fingerprint density at radius 1 is 1.24 bits per heavy atom. The molecule has 0 saturated carbocycles. The molecule has 2 N–H and O–H groups in total. The zero-order chi connectivity index (χ0) is 14.7. The fraction of sp³-hybridized carbons (Fsp3) is 0.625. The minimum absolute atomic E-state index is 0.214.